The summed E-state index contributed by atoms with van der Waals surface area (Å²) >= 11 is 0. The second-order valence-corrected chi connectivity index (χ2v) is 5.47. The summed E-state index contributed by atoms with van der Waals surface area (Å²) in [5, 5.41) is 8.96. The highest BCUT2D eigenvalue weighted by Gasteiger charge is 2.32. The molecular formula is C15H18N2O3. The average molecular weight is 274 g/mol. The molecule has 0 atom stereocenters. The molecular weight excluding hydrogens is 256 g/mol. The number of carbonyl (C=O) groups is 2. The van der Waals surface area contributed by atoms with Gasteiger partial charge in [0.2, 0.25) is 5.91 Å². The number of benzene rings is 1. The van der Waals surface area contributed by atoms with Gasteiger partial charge in [0, 0.05) is 25.7 Å². The number of hydrogen-bond donors (Lipinski definition) is 1. The largest absolute Gasteiger partial charge is 0.465 e. The van der Waals surface area contributed by atoms with E-state index in [2.05, 4.69) is 6.07 Å². The minimum atomic E-state index is -0.862. The van der Waals surface area contributed by atoms with Crippen LogP contribution in [-0.2, 0) is 17.8 Å². The molecule has 3 rings (SSSR count). The summed E-state index contributed by atoms with van der Waals surface area (Å²) in [6.07, 6.45) is 1.08. The van der Waals surface area contributed by atoms with Crippen LogP contribution >= 0.6 is 0 Å². The van der Waals surface area contributed by atoms with E-state index in [1.165, 1.54) is 10.5 Å². The molecule has 1 fully saturated rings. The lowest BCUT2D eigenvalue weighted by Crippen LogP contribution is -2.49. The Bertz CT molecular complexity index is 536. The number of nitrogens with zero attached hydrogens (tertiary/aromatic N) is 2. The Morgan fingerprint density at radius 1 is 1.15 bits per heavy atom. The van der Waals surface area contributed by atoms with Crippen molar-refractivity contribution in [3.8, 4) is 0 Å². The molecule has 0 bridgehead atoms. The average Bonchev–Trinajstić information content (AvgIpc) is 2.46. The van der Waals surface area contributed by atoms with Gasteiger partial charge in [-0.3, -0.25) is 4.79 Å². The Labute approximate surface area is 117 Å². The molecule has 1 saturated heterocycles. The molecule has 106 valence electrons. The van der Waals surface area contributed by atoms with Gasteiger partial charge in [-0.15, -0.1) is 0 Å². The van der Waals surface area contributed by atoms with Gasteiger partial charge in [0.05, 0.1) is 6.42 Å². The van der Waals surface area contributed by atoms with Gasteiger partial charge in [-0.2, -0.15) is 0 Å². The zero-order valence-electron chi connectivity index (χ0n) is 11.3. The third-order valence-electron chi connectivity index (χ3n) is 4.30. The van der Waals surface area contributed by atoms with E-state index in [0.29, 0.717) is 26.1 Å². The lowest BCUT2D eigenvalue weighted by molar-refractivity contribution is -0.135. The SMILES string of the molecule is O=C(O)N1CCC(N2Cc3ccccc3CC2=O)CC1. The minimum Gasteiger partial charge on any atom is -0.465 e. The lowest BCUT2D eigenvalue weighted by atomic mass is 9.95. The van der Waals surface area contributed by atoms with Crippen molar-refractivity contribution in [1.82, 2.24) is 9.80 Å². The number of fused-ring (bicyclic) bond motifs is 1. The number of likely N-dealkylation sites (tertiary alicyclic amines) is 1. The molecule has 0 unspecified atom stereocenters. The summed E-state index contributed by atoms with van der Waals surface area (Å²) < 4.78 is 0. The third-order valence-corrected chi connectivity index (χ3v) is 4.30. The highest BCUT2D eigenvalue weighted by Crippen LogP contribution is 2.25. The standard InChI is InChI=1S/C15H18N2O3/c18-14-9-11-3-1-2-4-12(11)10-17(14)13-5-7-16(8-6-13)15(19)20/h1-4,13H,5-10H2,(H,19,20). The third kappa shape index (κ3) is 2.35. The Balaban J connectivity index is 1.70. The van der Waals surface area contributed by atoms with Crippen LogP contribution in [-0.4, -0.2) is 46.0 Å². The summed E-state index contributed by atoms with van der Waals surface area (Å²) in [5.74, 6) is 0.164. The minimum absolute atomic E-state index is 0.164. The maximum absolute atomic E-state index is 12.3. The van der Waals surface area contributed by atoms with E-state index >= 15 is 0 Å². The summed E-state index contributed by atoms with van der Waals surface area (Å²) in [4.78, 5) is 26.5. The molecule has 5 nitrogen and oxygen atoms in total. The maximum Gasteiger partial charge on any atom is 0.407 e. The van der Waals surface area contributed by atoms with Gasteiger partial charge in [-0.05, 0) is 24.0 Å². The van der Waals surface area contributed by atoms with Crippen molar-refractivity contribution >= 4 is 12.0 Å². The van der Waals surface area contributed by atoms with Crippen molar-refractivity contribution in [3.63, 3.8) is 0 Å². The summed E-state index contributed by atoms with van der Waals surface area (Å²) in [5.41, 5.74) is 2.34. The molecule has 2 aliphatic rings. The number of hydrogen-bond acceptors (Lipinski definition) is 2. The topological polar surface area (TPSA) is 60.9 Å². The van der Waals surface area contributed by atoms with Crippen LogP contribution in [0.25, 0.3) is 0 Å². The van der Waals surface area contributed by atoms with Gasteiger partial charge >= 0.3 is 6.09 Å². The molecule has 0 radical (unpaired) electrons. The highest BCUT2D eigenvalue weighted by atomic mass is 16.4. The van der Waals surface area contributed by atoms with E-state index in [-0.39, 0.29) is 11.9 Å². The second-order valence-electron chi connectivity index (χ2n) is 5.47. The van der Waals surface area contributed by atoms with Gasteiger partial charge in [-0.25, -0.2) is 4.79 Å². The Kier molecular flexibility index (Phi) is 3.34. The van der Waals surface area contributed by atoms with E-state index in [0.717, 1.165) is 18.4 Å². The van der Waals surface area contributed by atoms with Crippen LogP contribution in [0.4, 0.5) is 4.79 Å². The molecule has 2 heterocycles. The first-order chi connectivity index (χ1) is 9.65. The van der Waals surface area contributed by atoms with Gasteiger partial charge in [0.1, 0.15) is 0 Å². The van der Waals surface area contributed by atoms with Crippen LogP contribution < -0.4 is 0 Å². The molecule has 0 spiro atoms. The molecule has 2 aliphatic heterocycles. The van der Waals surface area contributed by atoms with Crippen LogP contribution in [0.1, 0.15) is 24.0 Å². The smallest absolute Gasteiger partial charge is 0.407 e. The number of carboxylic acid groups (broad SMARTS) is 1. The molecule has 2 amide bonds. The number of piperidine rings is 1. The zero-order valence-corrected chi connectivity index (χ0v) is 11.3. The van der Waals surface area contributed by atoms with Crippen LogP contribution in [0.5, 0.6) is 0 Å². The van der Waals surface area contributed by atoms with E-state index in [9.17, 15) is 9.59 Å². The van der Waals surface area contributed by atoms with Crippen molar-refractivity contribution in [2.45, 2.75) is 31.8 Å². The number of amides is 2. The fourth-order valence-electron chi connectivity index (χ4n) is 3.12. The van der Waals surface area contributed by atoms with Crippen molar-refractivity contribution in [3.05, 3.63) is 35.4 Å². The van der Waals surface area contributed by atoms with Gasteiger partial charge in [-0.1, -0.05) is 24.3 Å². The van der Waals surface area contributed by atoms with Crippen molar-refractivity contribution in [2.24, 2.45) is 0 Å². The molecule has 1 aromatic carbocycles. The molecule has 0 saturated carbocycles. The van der Waals surface area contributed by atoms with Crippen LogP contribution in [0.2, 0.25) is 0 Å². The van der Waals surface area contributed by atoms with E-state index in [1.807, 2.05) is 23.1 Å². The first-order valence-corrected chi connectivity index (χ1v) is 6.99. The summed E-state index contributed by atoms with van der Waals surface area (Å²) in [6.45, 7) is 1.70. The molecule has 5 heteroatoms. The fraction of sp³-hybridized carbons (Fsp3) is 0.467. The lowest BCUT2D eigenvalue weighted by Gasteiger charge is -2.40. The number of rotatable bonds is 1. The quantitative estimate of drug-likeness (QED) is 0.848. The molecule has 20 heavy (non-hydrogen) atoms. The van der Waals surface area contributed by atoms with Crippen molar-refractivity contribution < 1.29 is 14.7 Å². The van der Waals surface area contributed by atoms with Crippen LogP contribution in [0.15, 0.2) is 24.3 Å². The first-order valence-electron chi connectivity index (χ1n) is 6.99. The van der Waals surface area contributed by atoms with Gasteiger partial charge in [0.15, 0.2) is 0 Å². The van der Waals surface area contributed by atoms with E-state index in [1.54, 1.807) is 0 Å². The van der Waals surface area contributed by atoms with Crippen LogP contribution in [0.3, 0.4) is 0 Å². The highest BCUT2D eigenvalue weighted by molar-refractivity contribution is 5.81. The Morgan fingerprint density at radius 3 is 2.45 bits per heavy atom. The molecule has 1 aromatic rings. The summed E-state index contributed by atoms with van der Waals surface area (Å²) in [7, 11) is 0. The summed E-state index contributed by atoms with van der Waals surface area (Å²) in [6, 6.07) is 8.22. The first kappa shape index (κ1) is 13.0. The van der Waals surface area contributed by atoms with Gasteiger partial charge < -0.3 is 14.9 Å². The van der Waals surface area contributed by atoms with Gasteiger partial charge in [0.25, 0.3) is 0 Å². The molecule has 0 aromatic heterocycles. The van der Waals surface area contributed by atoms with Crippen molar-refractivity contribution in [2.75, 3.05) is 13.1 Å². The second kappa shape index (κ2) is 5.15. The molecule has 0 aliphatic carbocycles. The monoisotopic (exact) mass is 274 g/mol. The maximum atomic E-state index is 12.3. The van der Waals surface area contributed by atoms with Crippen molar-refractivity contribution in [1.29, 1.82) is 0 Å². The zero-order chi connectivity index (χ0) is 14.1. The van der Waals surface area contributed by atoms with Crippen LogP contribution in [0, 0.1) is 0 Å². The predicted octanol–water partition coefficient (Wildman–Crippen LogP) is 1.71. The normalized spacial score (nSPS) is 19.9. The van der Waals surface area contributed by atoms with E-state index in [4.69, 9.17) is 5.11 Å². The number of carbonyl (C=O) groups excluding carboxylic acids is 1. The predicted molar refractivity (Wildman–Crippen MR) is 73.3 cm³/mol. The Morgan fingerprint density at radius 2 is 1.80 bits per heavy atom. The molecule has 1 N–H and O–H groups in total. The Hall–Kier alpha value is -2.04. The van der Waals surface area contributed by atoms with E-state index < -0.39 is 6.09 Å². The fourth-order valence-corrected chi connectivity index (χ4v) is 3.12.